The smallest absolute Gasteiger partial charge is 0.209 e. The maximum Gasteiger partial charge on any atom is 0.209 e. The van der Waals surface area contributed by atoms with Crippen LogP contribution in [0.25, 0.3) is 11.0 Å². The normalized spacial score (nSPS) is 21.0. The lowest BCUT2D eigenvalue weighted by Crippen LogP contribution is -2.33. The number of hydrogen-bond donors (Lipinski definition) is 1. The van der Waals surface area contributed by atoms with E-state index in [4.69, 9.17) is 9.40 Å². The number of Topliss-reactive ketones (excluding diaryl/α,β-unsaturated/α-hetero) is 1. The number of nitrogens with zero attached hydrogens (tertiary/aromatic N) is 3. The van der Waals surface area contributed by atoms with Crippen molar-refractivity contribution in [2.45, 2.75) is 24.8 Å². The van der Waals surface area contributed by atoms with Crippen molar-refractivity contribution in [3.63, 3.8) is 0 Å². The Morgan fingerprint density at radius 1 is 1.07 bits per heavy atom. The minimum absolute atomic E-state index is 0.0363. The summed E-state index contributed by atoms with van der Waals surface area (Å²) in [5, 5.41) is 3.46. The van der Waals surface area contributed by atoms with Crippen LogP contribution in [-0.4, -0.2) is 20.3 Å². The first-order valence-electron chi connectivity index (χ1n) is 9.73. The monoisotopic (exact) mass is 382 g/mol. The molecule has 6 rings (SSSR count). The summed E-state index contributed by atoms with van der Waals surface area (Å²) in [6, 6.07) is 15.5. The van der Waals surface area contributed by atoms with Crippen molar-refractivity contribution < 1.29 is 9.21 Å². The number of nitrogens with one attached hydrogen (secondary N) is 1. The zero-order valence-electron chi connectivity index (χ0n) is 15.6. The summed E-state index contributed by atoms with van der Waals surface area (Å²) in [7, 11) is 0. The fourth-order valence-corrected chi connectivity index (χ4v) is 4.60. The Kier molecular flexibility index (Phi) is 3.47. The fourth-order valence-electron chi connectivity index (χ4n) is 4.60. The Bertz CT molecular complexity index is 1250. The number of ketones is 1. The van der Waals surface area contributed by atoms with E-state index >= 15 is 0 Å². The molecule has 6 nitrogen and oxygen atoms in total. The summed E-state index contributed by atoms with van der Waals surface area (Å²) in [5.41, 5.74) is 4.61. The van der Waals surface area contributed by atoms with Crippen LogP contribution < -0.4 is 5.32 Å². The molecule has 0 unspecified atom stereocenters. The van der Waals surface area contributed by atoms with Gasteiger partial charge >= 0.3 is 0 Å². The second kappa shape index (κ2) is 6.17. The highest BCUT2D eigenvalue weighted by Gasteiger charge is 2.40. The molecule has 3 aromatic heterocycles. The number of anilines is 1. The van der Waals surface area contributed by atoms with Gasteiger partial charge in [-0.3, -0.25) is 14.3 Å². The molecule has 2 atom stereocenters. The average Bonchev–Trinajstić information content (AvgIpc) is 3.40. The number of rotatable bonds is 2. The zero-order chi connectivity index (χ0) is 19.4. The summed E-state index contributed by atoms with van der Waals surface area (Å²) in [4.78, 5) is 22.5. The quantitative estimate of drug-likeness (QED) is 0.555. The Morgan fingerprint density at radius 2 is 2.00 bits per heavy atom. The van der Waals surface area contributed by atoms with Gasteiger partial charge in [0.05, 0.1) is 23.3 Å². The molecule has 0 radical (unpaired) electrons. The molecule has 2 aliphatic rings. The molecule has 1 aromatic carbocycles. The molecule has 4 aromatic rings. The molecular formula is C23H18N4O2. The van der Waals surface area contributed by atoms with Crippen LogP contribution in [0.4, 0.5) is 5.95 Å². The van der Waals surface area contributed by atoms with E-state index in [1.165, 1.54) is 0 Å². The molecule has 0 saturated heterocycles. The molecule has 142 valence electrons. The molecule has 6 heteroatoms. The van der Waals surface area contributed by atoms with Crippen molar-refractivity contribution >= 4 is 22.8 Å². The summed E-state index contributed by atoms with van der Waals surface area (Å²) < 4.78 is 7.72. The van der Waals surface area contributed by atoms with Crippen LogP contribution in [-0.2, 0) is 4.79 Å². The number of imidazole rings is 1. The van der Waals surface area contributed by atoms with Gasteiger partial charge in [-0.15, -0.1) is 0 Å². The van der Waals surface area contributed by atoms with Gasteiger partial charge < -0.3 is 9.73 Å². The van der Waals surface area contributed by atoms with E-state index in [-0.39, 0.29) is 17.7 Å². The topological polar surface area (TPSA) is 73.0 Å². The van der Waals surface area contributed by atoms with Crippen LogP contribution in [0.3, 0.4) is 0 Å². The lowest BCUT2D eigenvalue weighted by Gasteiger charge is -2.35. The van der Waals surface area contributed by atoms with Crippen LogP contribution in [0.1, 0.15) is 36.1 Å². The van der Waals surface area contributed by atoms with Crippen molar-refractivity contribution in [1.29, 1.82) is 0 Å². The second-order valence-corrected chi connectivity index (χ2v) is 7.54. The number of furan rings is 1. The second-order valence-electron chi connectivity index (χ2n) is 7.54. The number of fused-ring (bicyclic) bond motifs is 3. The van der Waals surface area contributed by atoms with Gasteiger partial charge in [0.1, 0.15) is 5.76 Å². The van der Waals surface area contributed by atoms with Crippen molar-refractivity contribution in [3.8, 4) is 0 Å². The lowest BCUT2D eigenvalue weighted by molar-refractivity contribution is -0.116. The van der Waals surface area contributed by atoms with E-state index in [0.717, 1.165) is 39.6 Å². The van der Waals surface area contributed by atoms with Crippen molar-refractivity contribution in [1.82, 2.24) is 14.5 Å². The lowest BCUT2D eigenvalue weighted by atomic mass is 9.79. The zero-order valence-corrected chi connectivity index (χ0v) is 15.6. The molecule has 1 aliphatic carbocycles. The molecule has 4 heterocycles. The van der Waals surface area contributed by atoms with Gasteiger partial charge in [-0.05, 0) is 42.3 Å². The molecule has 0 bridgehead atoms. The number of carbonyl (C=O) groups is 1. The van der Waals surface area contributed by atoms with E-state index in [0.29, 0.717) is 12.8 Å². The standard InChI is InChI=1S/C23H18N4O2/c28-19-12-15(20-8-4-10-29-20)11-17-21(19)22(14-5-3-9-24-13-14)27-18-7-2-1-6-16(18)25-23(27)26-17/h1-10,13,15,22H,11-12H2,(H,25,26)/t15-,22-/m0/s1. The average molecular weight is 382 g/mol. The van der Waals surface area contributed by atoms with Crippen LogP contribution in [0.5, 0.6) is 0 Å². The molecule has 0 fully saturated rings. The number of hydrogen-bond acceptors (Lipinski definition) is 5. The number of aromatic nitrogens is 3. The van der Waals surface area contributed by atoms with Crippen LogP contribution in [0.2, 0.25) is 0 Å². The Hall–Kier alpha value is -3.67. The van der Waals surface area contributed by atoms with Gasteiger partial charge in [0, 0.05) is 36.0 Å². The molecule has 1 aliphatic heterocycles. The highest BCUT2D eigenvalue weighted by molar-refractivity contribution is 6.01. The highest BCUT2D eigenvalue weighted by Crippen LogP contribution is 2.45. The molecule has 0 amide bonds. The Morgan fingerprint density at radius 3 is 2.83 bits per heavy atom. The first-order valence-corrected chi connectivity index (χ1v) is 9.73. The van der Waals surface area contributed by atoms with Gasteiger partial charge in [0.2, 0.25) is 5.95 Å². The minimum atomic E-state index is -0.243. The van der Waals surface area contributed by atoms with E-state index in [2.05, 4.69) is 14.9 Å². The van der Waals surface area contributed by atoms with E-state index < -0.39 is 0 Å². The van der Waals surface area contributed by atoms with Gasteiger partial charge in [-0.2, -0.15) is 0 Å². The maximum atomic E-state index is 13.4. The number of benzene rings is 1. The fraction of sp³-hybridized carbons (Fsp3) is 0.174. The van der Waals surface area contributed by atoms with Crippen molar-refractivity contribution in [3.05, 3.63) is 89.8 Å². The maximum absolute atomic E-state index is 13.4. The molecule has 29 heavy (non-hydrogen) atoms. The molecule has 0 saturated carbocycles. The van der Waals surface area contributed by atoms with Crippen LogP contribution in [0.15, 0.2) is 82.9 Å². The van der Waals surface area contributed by atoms with Crippen molar-refractivity contribution in [2.24, 2.45) is 0 Å². The number of pyridine rings is 1. The Balaban J connectivity index is 1.56. The van der Waals surface area contributed by atoms with E-state index in [1.807, 2.05) is 54.7 Å². The summed E-state index contributed by atoms with van der Waals surface area (Å²) in [6.45, 7) is 0. The first-order chi connectivity index (χ1) is 14.3. The third kappa shape index (κ3) is 2.45. The largest absolute Gasteiger partial charge is 0.469 e. The van der Waals surface area contributed by atoms with E-state index in [1.54, 1.807) is 12.5 Å². The van der Waals surface area contributed by atoms with Crippen LogP contribution >= 0.6 is 0 Å². The molecule has 1 N–H and O–H groups in total. The summed E-state index contributed by atoms with van der Waals surface area (Å²) >= 11 is 0. The first kappa shape index (κ1) is 16.3. The highest BCUT2D eigenvalue weighted by atomic mass is 16.3. The van der Waals surface area contributed by atoms with Gasteiger partial charge in [0.25, 0.3) is 0 Å². The third-order valence-electron chi connectivity index (χ3n) is 5.84. The molecule has 0 spiro atoms. The number of allylic oxidation sites excluding steroid dienone is 2. The Labute approximate surface area is 166 Å². The minimum Gasteiger partial charge on any atom is -0.469 e. The molecular weight excluding hydrogens is 364 g/mol. The van der Waals surface area contributed by atoms with Crippen molar-refractivity contribution in [2.75, 3.05) is 5.32 Å². The van der Waals surface area contributed by atoms with Gasteiger partial charge in [0.15, 0.2) is 5.78 Å². The SMILES string of the molecule is O=C1C[C@@H](c2ccco2)CC2=C1[C@H](c1cccnc1)n1c(nc3ccccc31)N2. The third-order valence-corrected chi connectivity index (χ3v) is 5.84. The predicted molar refractivity (Wildman–Crippen MR) is 108 cm³/mol. The number of carbonyl (C=O) groups excluding carboxylic acids is 1. The van der Waals surface area contributed by atoms with E-state index in [9.17, 15) is 4.79 Å². The van der Waals surface area contributed by atoms with Gasteiger partial charge in [-0.25, -0.2) is 4.98 Å². The van der Waals surface area contributed by atoms with Crippen LogP contribution in [0, 0.1) is 0 Å². The number of para-hydroxylation sites is 2. The summed E-state index contributed by atoms with van der Waals surface area (Å²) in [5.74, 6) is 1.78. The summed E-state index contributed by atoms with van der Waals surface area (Å²) in [6.07, 6.45) is 6.41. The predicted octanol–water partition coefficient (Wildman–Crippen LogP) is 4.44. The van der Waals surface area contributed by atoms with Gasteiger partial charge in [-0.1, -0.05) is 18.2 Å².